The van der Waals surface area contributed by atoms with E-state index in [0.29, 0.717) is 19.2 Å². The van der Waals surface area contributed by atoms with Gasteiger partial charge in [-0.25, -0.2) is 9.59 Å². The Morgan fingerprint density at radius 1 is 1.00 bits per heavy atom. The topological polar surface area (TPSA) is 152 Å². The Kier molecular flexibility index (Phi) is 12.2. The third-order valence-electron chi connectivity index (χ3n) is 4.24. The van der Waals surface area contributed by atoms with Crippen LogP contribution < -0.4 is 21.3 Å². The number of hydrogen-bond donors (Lipinski definition) is 4. The fourth-order valence-corrected chi connectivity index (χ4v) is 2.87. The lowest BCUT2D eigenvalue weighted by molar-refractivity contribution is -0.149. The molecule has 2 atom stereocenters. The van der Waals surface area contributed by atoms with Crippen molar-refractivity contribution in [3.63, 3.8) is 0 Å². The van der Waals surface area contributed by atoms with Gasteiger partial charge in [-0.15, -0.1) is 0 Å². The molecule has 0 aliphatic rings. The first-order chi connectivity index (χ1) is 14.4. The number of rotatable bonds is 14. The highest BCUT2D eigenvalue weighted by molar-refractivity contribution is 5.86. The maximum Gasteiger partial charge on any atom is 0.408 e. The van der Waals surface area contributed by atoms with Gasteiger partial charge in [-0.3, -0.25) is 14.4 Å². The van der Waals surface area contributed by atoms with E-state index in [4.69, 9.17) is 9.47 Å². The Labute approximate surface area is 183 Å². The molecule has 0 heterocycles. The van der Waals surface area contributed by atoms with E-state index in [1.807, 2.05) is 13.8 Å². The van der Waals surface area contributed by atoms with Crippen molar-refractivity contribution in [3.05, 3.63) is 0 Å². The van der Waals surface area contributed by atoms with E-state index in [1.165, 1.54) is 7.11 Å². The summed E-state index contributed by atoms with van der Waals surface area (Å²) in [5, 5.41) is 10.1. The minimum absolute atomic E-state index is 0.0000468. The minimum Gasteiger partial charge on any atom is -0.467 e. The number of methoxy groups -OCH3 is 1. The molecule has 2 unspecified atom stereocenters. The van der Waals surface area contributed by atoms with Gasteiger partial charge in [-0.05, 0) is 46.0 Å². The Morgan fingerprint density at radius 2 is 1.61 bits per heavy atom. The van der Waals surface area contributed by atoms with E-state index >= 15 is 0 Å². The minimum atomic E-state index is -1.55. The van der Waals surface area contributed by atoms with Crippen LogP contribution in [0.5, 0.6) is 0 Å². The van der Waals surface area contributed by atoms with Crippen LogP contribution >= 0.6 is 0 Å². The summed E-state index contributed by atoms with van der Waals surface area (Å²) >= 11 is 0. The number of esters is 1. The normalized spacial score (nSPS) is 13.9. The maximum atomic E-state index is 12.6. The molecule has 0 aromatic heterocycles. The summed E-state index contributed by atoms with van der Waals surface area (Å²) in [6.07, 6.45) is 0.512. The van der Waals surface area contributed by atoms with Gasteiger partial charge in [0, 0.05) is 13.1 Å². The molecule has 0 aromatic rings. The number of alkyl carbamates (subject to hydrolysis) is 1. The monoisotopic (exact) mass is 444 g/mol. The molecule has 0 aliphatic heterocycles. The highest BCUT2D eigenvalue weighted by atomic mass is 16.6. The zero-order valence-electron chi connectivity index (χ0n) is 19.2. The molecule has 0 saturated heterocycles. The van der Waals surface area contributed by atoms with Crippen LogP contribution in [0.15, 0.2) is 0 Å². The first-order valence-corrected chi connectivity index (χ1v) is 10.1. The third kappa shape index (κ3) is 11.2. The molecule has 178 valence electrons. The van der Waals surface area contributed by atoms with Crippen molar-refractivity contribution >= 4 is 30.8 Å². The number of carbonyl (C=O) groups is 5. The number of amides is 4. The SMILES string of the molecule is COC(=O)C(CCNC=O)(CCNC(=O)C(CC(C)C)NC=O)NC(=O)OC(C)(C)C. The van der Waals surface area contributed by atoms with Gasteiger partial charge in [0.25, 0.3) is 0 Å². The standard InChI is InChI=1S/C20H36N4O7/c1-14(2)11-15(23-13-26)16(27)22-10-8-20(17(28)30-6,7-9-21-12-25)24-18(29)31-19(3,4)5/h12-15H,7-11H2,1-6H3,(H,21,25)(H,22,27)(H,23,26)(H,24,29). The zero-order valence-corrected chi connectivity index (χ0v) is 19.2. The van der Waals surface area contributed by atoms with Crippen LogP contribution in [0.25, 0.3) is 0 Å². The Balaban J connectivity index is 5.43. The van der Waals surface area contributed by atoms with Gasteiger partial charge in [0.2, 0.25) is 18.7 Å². The fraction of sp³-hybridized carbons (Fsp3) is 0.750. The summed E-state index contributed by atoms with van der Waals surface area (Å²) in [5.74, 6) is -0.992. The summed E-state index contributed by atoms with van der Waals surface area (Å²) in [6.45, 7) is 8.94. The molecule has 31 heavy (non-hydrogen) atoms. The molecule has 4 N–H and O–H groups in total. The maximum absolute atomic E-state index is 12.6. The number of ether oxygens (including phenoxy) is 2. The lowest BCUT2D eigenvalue weighted by atomic mass is 9.90. The molecule has 0 aromatic carbocycles. The Morgan fingerprint density at radius 3 is 2.10 bits per heavy atom. The zero-order chi connectivity index (χ0) is 24.1. The third-order valence-corrected chi connectivity index (χ3v) is 4.24. The second kappa shape index (κ2) is 13.5. The van der Waals surface area contributed by atoms with Gasteiger partial charge in [0.1, 0.15) is 17.2 Å². The van der Waals surface area contributed by atoms with Crippen LogP contribution in [0.3, 0.4) is 0 Å². The molecule has 0 bridgehead atoms. The van der Waals surface area contributed by atoms with Crippen molar-refractivity contribution in [3.8, 4) is 0 Å². The van der Waals surface area contributed by atoms with Crippen molar-refractivity contribution in [1.82, 2.24) is 21.3 Å². The average Bonchev–Trinajstić information content (AvgIpc) is 2.64. The van der Waals surface area contributed by atoms with E-state index in [-0.39, 0.29) is 31.8 Å². The van der Waals surface area contributed by atoms with E-state index in [2.05, 4.69) is 21.3 Å². The van der Waals surface area contributed by atoms with Crippen molar-refractivity contribution < 1.29 is 33.4 Å². The predicted octanol–water partition coefficient (Wildman–Crippen LogP) is 0.226. The molecule has 0 saturated carbocycles. The molecule has 0 aliphatic carbocycles. The van der Waals surface area contributed by atoms with Crippen LogP contribution in [0.2, 0.25) is 0 Å². The number of hydrogen-bond acceptors (Lipinski definition) is 7. The molecule has 4 amide bonds. The fourth-order valence-electron chi connectivity index (χ4n) is 2.87. The van der Waals surface area contributed by atoms with E-state index in [1.54, 1.807) is 20.8 Å². The molecular formula is C20H36N4O7. The lowest BCUT2D eigenvalue weighted by Crippen LogP contribution is -2.58. The smallest absolute Gasteiger partial charge is 0.408 e. The van der Waals surface area contributed by atoms with Gasteiger partial charge in [-0.1, -0.05) is 13.8 Å². The van der Waals surface area contributed by atoms with Crippen LogP contribution in [-0.4, -0.2) is 68.2 Å². The Bertz CT molecular complexity index is 619. The second-order valence-electron chi connectivity index (χ2n) is 8.53. The van der Waals surface area contributed by atoms with Crippen LogP contribution in [0.4, 0.5) is 4.79 Å². The van der Waals surface area contributed by atoms with Crippen molar-refractivity contribution in [2.75, 3.05) is 20.2 Å². The van der Waals surface area contributed by atoms with E-state index < -0.39 is 35.2 Å². The molecule has 11 heteroatoms. The van der Waals surface area contributed by atoms with Crippen molar-refractivity contribution in [1.29, 1.82) is 0 Å². The molecular weight excluding hydrogens is 408 g/mol. The van der Waals surface area contributed by atoms with E-state index in [0.717, 1.165) is 0 Å². The van der Waals surface area contributed by atoms with Crippen molar-refractivity contribution in [2.45, 2.75) is 71.1 Å². The van der Waals surface area contributed by atoms with E-state index in [9.17, 15) is 24.0 Å². The number of carbonyl (C=O) groups excluding carboxylic acids is 5. The van der Waals surface area contributed by atoms with Crippen LogP contribution in [-0.2, 0) is 28.7 Å². The van der Waals surface area contributed by atoms with Gasteiger partial charge < -0.3 is 30.7 Å². The largest absolute Gasteiger partial charge is 0.467 e. The number of nitrogens with one attached hydrogen (secondary N) is 4. The van der Waals surface area contributed by atoms with Crippen LogP contribution in [0, 0.1) is 5.92 Å². The lowest BCUT2D eigenvalue weighted by Gasteiger charge is -2.33. The molecule has 0 spiro atoms. The summed E-state index contributed by atoms with van der Waals surface area (Å²) in [4.78, 5) is 58.9. The summed E-state index contributed by atoms with van der Waals surface area (Å²) in [7, 11) is 1.17. The highest BCUT2D eigenvalue weighted by Gasteiger charge is 2.42. The van der Waals surface area contributed by atoms with Gasteiger partial charge >= 0.3 is 12.1 Å². The predicted molar refractivity (Wildman–Crippen MR) is 113 cm³/mol. The van der Waals surface area contributed by atoms with Gasteiger partial charge in [0.05, 0.1) is 7.11 Å². The van der Waals surface area contributed by atoms with Gasteiger partial charge in [0.15, 0.2) is 0 Å². The quantitative estimate of drug-likeness (QED) is 0.170. The van der Waals surface area contributed by atoms with Crippen LogP contribution in [0.1, 0.15) is 53.9 Å². The Hall–Kier alpha value is -2.85. The molecule has 0 fully saturated rings. The molecule has 0 radical (unpaired) electrons. The van der Waals surface area contributed by atoms with Gasteiger partial charge in [-0.2, -0.15) is 0 Å². The summed E-state index contributed by atoms with van der Waals surface area (Å²) < 4.78 is 10.1. The summed E-state index contributed by atoms with van der Waals surface area (Å²) in [5.41, 5.74) is -2.35. The van der Waals surface area contributed by atoms with Crippen molar-refractivity contribution in [2.24, 2.45) is 5.92 Å². The molecule has 11 nitrogen and oxygen atoms in total. The average molecular weight is 445 g/mol. The first-order valence-electron chi connectivity index (χ1n) is 10.1. The molecule has 0 rings (SSSR count). The highest BCUT2D eigenvalue weighted by Crippen LogP contribution is 2.19. The summed E-state index contributed by atoms with van der Waals surface area (Å²) in [6, 6.07) is -0.722. The second-order valence-corrected chi connectivity index (χ2v) is 8.53. The first kappa shape index (κ1) is 28.1.